The maximum atomic E-state index is 12.7. The zero-order chi connectivity index (χ0) is 14.7. The summed E-state index contributed by atoms with van der Waals surface area (Å²) in [5.74, 6) is 0.836. The summed E-state index contributed by atoms with van der Waals surface area (Å²) in [6.45, 7) is 8.64. The summed E-state index contributed by atoms with van der Waals surface area (Å²) in [4.78, 5) is 14.7. The first-order valence-electron chi connectivity index (χ1n) is 7.58. The molecule has 0 aliphatic carbocycles. The number of nitrogens with zero attached hydrogens (tertiary/aromatic N) is 3. The Bertz CT molecular complexity index is 468. The molecule has 20 heavy (non-hydrogen) atoms. The normalized spacial score (nSPS) is 23.1. The van der Waals surface area contributed by atoms with E-state index >= 15 is 0 Å². The number of piperidine rings is 1. The van der Waals surface area contributed by atoms with Crippen LogP contribution in [0.3, 0.4) is 0 Å². The largest absolute Gasteiger partial charge is 0.336 e. The monoisotopic (exact) mass is 278 g/mol. The van der Waals surface area contributed by atoms with Crippen LogP contribution in [0.5, 0.6) is 0 Å². The lowest BCUT2D eigenvalue weighted by Gasteiger charge is -2.36. The molecule has 2 rings (SSSR count). The van der Waals surface area contributed by atoms with Crippen molar-refractivity contribution in [3.8, 4) is 0 Å². The van der Waals surface area contributed by atoms with Crippen LogP contribution in [-0.4, -0.2) is 39.7 Å². The molecular formula is C15H26N4O. The third-order valence-electron chi connectivity index (χ3n) is 4.31. The van der Waals surface area contributed by atoms with Gasteiger partial charge in [-0.2, -0.15) is 5.10 Å². The lowest BCUT2D eigenvalue weighted by molar-refractivity contribution is 0.0587. The predicted molar refractivity (Wildman–Crippen MR) is 79.5 cm³/mol. The second kappa shape index (κ2) is 6.39. The van der Waals surface area contributed by atoms with Crippen molar-refractivity contribution < 1.29 is 4.79 Å². The van der Waals surface area contributed by atoms with Crippen molar-refractivity contribution in [3.05, 3.63) is 17.5 Å². The average Bonchev–Trinajstić information content (AvgIpc) is 2.77. The number of likely N-dealkylation sites (tertiary alicyclic amines) is 1. The third-order valence-corrected chi connectivity index (χ3v) is 4.31. The molecule has 1 saturated heterocycles. The topological polar surface area (TPSA) is 64.2 Å². The smallest absolute Gasteiger partial charge is 0.257 e. The fourth-order valence-electron chi connectivity index (χ4n) is 2.99. The second-order valence-corrected chi connectivity index (χ2v) is 5.99. The summed E-state index contributed by atoms with van der Waals surface area (Å²) >= 11 is 0. The van der Waals surface area contributed by atoms with Gasteiger partial charge in [-0.05, 0) is 45.6 Å². The van der Waals surface area contributed by atoms with Gasteiger partial charge in [0.05, 0.1) is 11.8 Å². The number of amides is 1. The fraction of sp³-hybridized carbons (Fsp3) is 0.733. The predicted octanol–water partition coefficient (Wildman–Crippen LogP) is 1.80. The Morgan fingerprint density at radius 2 is 2.25 bits per heavy atom. The lowest BCUT2D eigenvalue weighted by atomic mass is 9.93. The Balaban J connectivity index is 2.11. The van der Waals surface area contributed by atoms with Gasteiger partial charge in [-0.1, -0.05) is 6.92 Å². The van der Waals surface area contributed by atoms with Crippen molar-refractivity contribution in [2.24, 2.45) is 11.7 Å². The maximum Gasteiger partial charge on any atom is 0.257 e. The van der Waals surface area contributed by atoms with E-state index in [2.05, 4.69) is 18.9 Å². The van der Waals surface area contributed by atoms with Crippen LogP contribution in [-0.2, 0) is 6.54 Å². The Morgan fingerprint density at radius 3 is 2.90 bits per heavy atom. The Hall–Kier alpha value is -1.36. The van der Waals surface area contributed by atoms with Crippen LogP contribution in [0.2, 0.25) is 0 Å². The average molecular weight is 278 g/mol. The van der Waals surface area contributed by atoms with E-state index in [1.165, 1.54) is 0 Å². The molecule has 0 spiro atoms. The second-order valence-electron chi connectivity index (χ2n) is 5.99. The van der Waals surface area contributed by atoms with E-state index in [-0.39, 0.29) is 5.91 Å². The fourth-order valence-corrected chi connectivity index (χ4v) is 2.99. The Morgan fingerprint density at radius 1 is 1.50 bits per heavy atom. The first-order chi connectivity index (χ1) is 9.54. The van der Waals surface area contributed by atoms with Crippen molar-refractivity contribution in [2.45, 2.75) is 52.6 Å². The van der Waals surface area contributed by atoms with E-state index in [1.54, 1.807) is 6.20 Å². The Labute approximate surface area is 121 Å². The summed E-state index contributed by atoms with van der Waals surface area (Å²) in [7, 11) is 0. The zero-order valence-electron chi connectivity index (χ0n) is 12.8. The number of aromatic nitrogens is 2. The molecular weight excluding hydrogens is 252 g/mol. The van der Waals surface area contributed by atoms with Crippen LogP contribution in [0.1, 0.15) is 49.2 Å². The van der Waals surface area contributed by atoms with Gasteiger partial charge in [0, 0.05) is 24.8 Å². The molecule has 0 aromatic carbocycles. The lowest BCUT2D eigenvalue weighted by Crippen LogP contribution is -2.44. The van der Waals surface area contributed by atoms with Gasteiger partial charge >= 0.3 is 0 Å². The molecule has 1 aliphatic rings. The molecule has 1 aromatic heterocycles. The molecule has 5 nitrogen and oxygen atoms in total. The molecule has 2 heterocycles. The van der Waals surface area contributed by atoms with Gasteiger partial charge in [-0.15, -0.1) is 0 Å². The van der Waals surface area contributed by atoms with Crippen LogP contribution < -0.4 is 5.73 Å². The van der Waals surface area contributed by atoms with Crippen molar-refractivity contribution >= 4 is 5.91 Å². The highest BCUT2D eigenvalue weighted by Crippen LogP contribution is 2.24. The van der Waals surface area contributed by atoms with Crippen LogP contribution in [0.15, 0.2) is 6.20 Å². The van der Waals surface area contributed by atoms with E-state index in [0.29, 0.717) is 18.5 Å². The molecule has 5 heteroatoms. The standard InChI is InChI=1S/C15H26N4O/c1-11-5-8-18(12(2)9-11)15(20)14-10-17-19(13(14)3)7-4-6-16/h10-12H,4-9,16H2,1-3H3. The molecule has 0 bridgehead atoms. The summed E-state index contributed by atoms with van der Waals surface area (Å²) in [5.41, 5.74) is 7.22. The van der Waals surface area contributed by atoms with Crippen LogP contribution in [0.4, 0.5) is 0 Å². The number of carbonyl (C=O) groups excluding carboxylic acids is 1. The van der Waals surface area contributed by atoms with E-state index in [4.69, 9.17) is 5.73 Å². The number of hydrogen-bond donors (Lipinski definition) is 1. The number of aryl methyl sites for hydroxylation is 1. The highest BCUT2D eigenvalue weighted by Gasteiger charge is 2.29. The van der Waals surface area contributed by atoms with E-state index < -0.39 is 0 Å². The first kappa shape index (κ1) is 15.0. The van der Waals surface area contributed by atoms with Gasteiger partial charge in [-0.3, -0.25) is 9.48 Å². The van der Waals surface area contributed by atoms with Crippen LogP contribution in [0, 0.1) is 12.8 Å². The Kier molecular flexibility index (Phi) is 4.81. The number of nitrogens with two attached hydrogens (primary N) is 1. The number of carbonyl (C=O) groups is 1. The van der Waals surface area contributed by atoms with Crippen molar-refractivity contribution in [2.75, 3.05) is 13.1 Å². The van der Waals surface area contributed by atoms with E-state index in [9.17, 15) is 4.79 Å². The molecule has 1 aliphatic heterocycles. The summed E-state index contributed by atoms with van der Waals surface area (Å²) in [6, 6.07) is 0.318. The minimum absolute atomic E-state index is 0.126. The summed E-state index contributed by atoms with van der Waals surface area (Å²) in [5, 5.41) is 4.32. The van der Waals surface area contributed by atoms with Crippen molar-refractivity contribution in [3.63, 3.8) is 0 Å². The SMILES string of the molecule is Cc1c(C(=O)N2CCC(C)CC2C)cnn1CCCN. The zero-order valence-corrected chi connectivity index (χ0v) is 12.8. The minimum atomic E-state index is 0.126. The van der Waals surface area contributed by atoms with Crippen LogP contribution >= 0.6 is 0 Å². The number of hydrogen-bond acceptors (Lipinski definition) is 3. The molecule has 1 aromatic rings. The molecule has 0 radical (unpaired) electrons. The van der Waals surface area contributed by atoms with E-state index in [1.807, 2.05) is 16.5 Å². The van der Waals surface area contributed by atoms with Gasteiger partial charge in [0.1, 0.15) is 0 Å². The highest BCUT2D eigenvalue weighted by molar-refractivity contribution is 5.95. The third kappa shape index (κ3) is 3.03. The molecule has 1 amide bonds. The van der Waals surface area contributed by atoms with Gasteiger partial charge in [0.25, 0.3) is 5.91 Å². The quantitative estimate of drug-likeness (QED) is 0.913. The van der Waals surface area contributed by atoms with Gasteiger partial charge in [0.15, 0.2) is 0 Å². The molecule has 2 N–H and O–H groups in total. The number of rotatable bonds is 4. The molecule has 0 saturated carbocycles. The van der Waals surface area contributed by atoms with Crippen molar-refractivity contribution in [1.29, 1.82) is 0 Å². The maximum absolute atomic E-state index is 12.7. The molecule has 2 atom stereocenters. The highest BCUT2D eigenvalue weighted by atomic mass is 16.2. The van der Waals surface area contributed by atoms with Crippen LogP contribution in [0.25, 0.3) is 0 Å². The first-order valence-corrected chi connectivity index (χ1v) is 7.58. The summed E-state index contributed by atoms with van der Waals surface area (Å²) < 4.78 is 1.89. The molecule has 112 valence electrons. The van der Waals surface area contributed by atoms with Gasteiger partial charge in [-0.25, -0.2) is 0 Å². The van der Waals surface area contributed by atoms with Gasteiger partial charge < -0.3 is 10.6 Å². The van der Waals surface area contributed by atoms with E-state index in [0.717, 1.165) is 43.6 Å². The summed E-state index contributed by atoms with van der Waals surface area (Å²) in [6.07, 6.45) is 4.77. The van der Waals surface area contributed by atoms with Gasteiger partial charge in [0.2, 0.25) is 0 Å². The molecule has 1 fully saturated rings. The van der Waals surface area contributed by atoms with Crippen molar-refractivity contribution in [1.82, 2.24) is 14.7 Å². The molecule has 2 unspecified atom stereocenters. The minimum Gasteiger partial charge on any atom is -0.336 e.